The molecule has 0 fully saturated rings. The minimum Gasteiger partial charge on any atom is -0.424 e. The predicted molar refractivity (Wildman–Crippen MR) is 33.5 cm³/mol. The maximum Gasteiger partial charge on any atom is 0.268 e. The Morgan fingerprint density at radius 1 is 1.44 bits per heavy atom. The molecule has 1 heterocycles. The SMILES string of the molecule is ClC(Cl)(Cl)c1nnco1. The summed E-state index contributed by atoms with van der Waals surface area (Å²) in [5.41, 5.74) is 0. The van der Waals surface area contributed by atoms with Gasteiger partial charge in [-0.2, -0.15) is 0 Å². The van der Waals surface area contributed by atoms with Gasteiger partial charge in [-0.15, -0.1) is 10.2 Å². The first-order chi connectivity index (χ1) is 4.11. The largest absolute Gasteiger partial charge is 0.424 e. The van der Waals surface area contributed by atoms with Crippen LogP contribution in [0.15, 0.2) is 10.8 Å². The highest BCUT2D eigenvalue weighted by Crippen LogP contribution is 2.36. The van der Waals surface area contributed by atoms with Crippen LogP contribution in [0.1, 0.15) is 5.89 Å². The monoisotopic (exact) mass is 186 g/mol. The van der Waals surface area contributed by atoms with Gasteiger partial charge in [0.25, 0.3) is 9.68 Å². The molecule has 0 spiro atoms. The number of hydrogen-bond donors (Lipinski definition) is 0. The van der Waals surface area contributed by atoms with Gasteiger partial charge in [-0.25, -0.2) is 0 Å². The third-order valence-corrected chi connectivity index (χ3v) is 1.09. The molecular weight excluding hydrogens is 186 g/mol. The Morgan fingerprint density at radius 3 is 2.33 bits per heavy atom. The molecule has 0 aliphatic rings. The predicted octanol–water partition coefficient (Wildman–Crippen LogP) is 1.90. The van der Waals surface area contributed by atoms with Gasteiger partial charge < -0.3 is 4.42 Å². The molecule has 0 saturated carbocycles. The molecule has 6 heteroatoms. The Bertz CT molecular complexity index is 179. The zero-order valence-corrected chi connectivity index (χ0v) is 6.28. The number of halogens is 3. The van der Waals surface area contributed by atoms with E-state index in [1.807, 2.05) is 0 Å². The van der Waals surface area contributed by atoms with Crippen molar-refractivity contribution in [3.63, 3.8) is 0 Å². The van der Waals surface area contributed by atoms with Crippen LogP contribution in [-0.2, 0) is 3.79 Å². The molecule has 0 aliphatic carbocycles. The van der Waals surface area contributed by atoms with Crippen molar-refractivity contribution in [1.29, 1.82) is 0 Å². The van der Waals surface area contributed by atoms with Gasteiger partial charge in [0.1, 0.15) is 0 Å². The lowest BCUT2D eigenvalue weighted by atomic mass is 10.8. The molecule has 0 aromatic carbocycles. The van der Waals surface area contributed by atoms with Crippen molar-refractivity contribution in [2.24, 2.45) is 0 Å². The molecule has 0 bridgehead atoms. The zero-order valence-electron chi connectivity index (χ0n) is 4.01. The Hall–Kier alpha value is 0.01000. The third-order valence-electron chi connectivity index (χ3n) is 0.603. The summed E-state index contributed by atoms with van der Waals surface area (Å²) in [6.07, 6.45) is 1.09. The Morgan fingerprint density at radius 2 is 2.11 bits per heavy atom. The van der Waals surface area contributed by atoms with Gasteiger partial charge in [0, 0.05) is 0 Å². The molecule has 1 rings (SSSR count). The van der Waals surface area contributed by atoms with Crippen LogP contribution < -0.4 is 0 Å². The van der Waals surface area contributed by atoms with E-state index in [9.17, 15) is 0 Å². The summed E-state index contributed by atoms with van der Waals surface area (Å²) in [4.78, 5) is 0. The molecule has 9 heavy (non-hydrogen) atoms. The van der Waals surface area contributed by atoms with Crippen molar-refractivity contribution in [1.82, 2.24) is 10.2 Å². The standard InChI is InChI=1S/C3HCl3N2O/c4-3(5,6)2-8-7-1-9-2/h1H. The van der Waals surface area contributed by atoms with Crippen molar-refractivity contribution in [2.45, 2.75) is 3.79 Å². The minimum absolute atomic E-state index is 0.0208. The van der Waals surface area contributed by atoms with Gasteiger partial charge in [0.2, 0.25) is 6.39 Å². The van der Waals surface area contributed by atoms with E-state index in [0.717, 1.165) is 6.39 Å². The summed E-state index contributed by atoms with van der Waals surface area (Å²) < 4.78 is 2.98. The summed E-state index contributed by atoms with van der Waals surface area (Å²) in [7, 11) is 0. The number of rotatable bonds is 0. The summed E-state index contributed by atoms with van der Waals surface area (Å²) in [6, 6.07) is 0. The molecule has 0 aliphatic heterocycles. The van der Waals surface area contributed by atoms with Crippen LogP contribution >= 0.6 is 34.8 Å². The maximum atomic E-state index is 5.33. The van der Waals surface area contributed by atoms with E-state index in [4.69, 9.17) is 34.8 Å². The highest BCUT2D eigenvalue weighted by Gasteiger charge is 2.28. The van der Waals surface area contributed by atoms with E-state index in [2.05, 4.69) is 14.6 Å². The van der Waals surface area contributed by atoms with E-state index >= 15 is 0 Å². The fourth-order valence-electron chi connectivity index (χ4n) is 0.297. The fourth-order valence-corrected chi connectivity index (χ4v) is 0.544. The van der Waals surface area contributed by atoms with E-state index < -0.39 is 3.79 Å². The van der Waals surface area contributed by atoms with Crippen LogP contribution in [0.25, 0.3) is 0 Å². The summed E-state index contributed by atoms with van der Waals surface area (Å²) in [5, 5.41) is 6.69. The average molecular weight is 187 g/mol. The maximum absolute atomic E-state index is 5.33. The minimum atomic E-state index is -1.60. The Balaban J connectivity index is 2.90. The number of nitrogens with zero attached hydrogens (tertiary/aromatic N) is 2. The van der Waals surface area contributed by atoms with Crippen LogP contribution in [-0.4, -0.2) is 10.2 Å². The van der Waals surface area contributed by atoms with Crippen LogP contribution in [0.5, 0.6) is 0 Å². The Kier molecular flexibility index (Phi) is 1.84. The molecule has 0 unspecified atom stereocenters. The van der Waals surface area contributed by atoms with Crippen molar-refractivity contribution in [2.75, 3.05) is 0 Å². The van der Waals surface area contributed by atoms with Crippen molar-refractivity contribution in [3.8, 4) is 0 Å². The molecular formula is C3HCl3N2O. The first kappa shape index (κ1) is 7.12. The van der Waals surface area contributed by atoms with Gasteiger partial charge in [-0.3, -0.25) is 0 Å². The lowest BCUT2D eigenvalue weighted by Crippen LogP contribution is -1.99. The highest BCUT2D eigenvalue weighted by atomic mass is 35.6. The average Bonchev–Trinajstić information content (AvgIpc) is 2.08. The molecule has 0 amide bonds. The summed E-state index contributed by atoms with van der Waals surface area (Å²) >= 11 is 16.0. The topological polar surface area (TPSA) is 38.9 Å². The quantitative estimate of drug-likeness (QED) is 0.582. The molecule has 50 valence electrons. The fraction of sp³-hybridized carbons (Fsp3) is 0.333. The van der Waals surface area contributed by atoms with E-state index in [1.54, 1.807) is 0 Å². The second-order valence-corrected chi connectivity index (χ2v) is 3.52. The van der Waals surface area contributed by atoms with E-state index in [1.165, 1.54) is 0 Å². The van der Waals surface area contributed by atoms with Gasteiger partial charge in [0.15, 0.2) is 0 Å². The second-order valence-electron chi connectivity index (χ2n) is 1.24. The smallest absolute Gasteiger partial charge is 0.268 e. The van der Waals surface area contributed by atoms with Crippen LogP contribution in [0.2, 0.25) is 0 Å². The summed E-state index contributed by atoms with van der Waals surface area (Å²) in [6.45, 7) is 0. The molecule has 3 nitrogen and oxygen atoms in total. The van der Waals surface area contributed by atoms with Crippen LogP contribution in [0.4, 0.5) is 0 Å². The highest BCUT2D eigenvalue weighted by molar-refractivity contribution is 6.66. The molecule has 0 radical (unpaired) electrons. The third kappa shape index (κ3) is 1.71. The van der Waals surface area contributed by atoms with Crippen molar-refractivity contribution in [3.05, 3.63) is 12.3 Å². The zero-order chi connectivity index (χ0) is 6.91. The van der Waals surface area contributed by atoms with Gasteiger partial charge in [-0.1, -0.05) is 34.8 Å². The lowest BCUT2D eigenvalue weighted by Gasteiger charge is -2.01. The first-order valence-corrected chi connectivity index (χ1v) is 3.07. The molecule has 1 aromatic rings. The second kappa shape index (κ2) is 2.33. The summed E-state index contributed by atoms with van der Waals surface area (Å²) in [5.74, 6) is -0.0208. The van der Waals surface area contributed by atoms with Crippen LogP contribution in [0.3, 0.4) is 0 Å². The Labute approximate surface area is 65.9 Å². The van der Waals surface area contributed by atoms with Gasteiger partial charge in [-0.05, 0) is 0 Å². The normalized spacial score (nSPS) is 11.9. The number of alkyl halides is 3. The molecule has 1 aromatic heterocycles. The van der Waals surface area contributed by atoms with E-state index in [-0.39, 0.29) is 5.89 Å². The number of aromatic nitrogens is 2. The number of hydrogen-bond acceptors (Lipinski definition) is 3. The molecule has 0 atom stereocenters. The van der Waals surface area contributed by atoms with Crippen molar-refractivity contribution < 1.29 is 4.42 Å². The molecule has 0 saturated heterocycles. The lowest BCUT2D eigenvalue weighted by molar-refractivity contribution is 0.501. The molecule has 0 N–H and O–H groups in total. The van der Waals surface area contributed by atoms with Crippen molar-refractivity contribution >= 4 is 34.8 Å². The first-order valence-electron chi connectivity index (χ1n) is 1.94. The van der Waals surface area contributed by atoms with Gasteiger partial charge in [0.05, 0.1) is 0 Å². The van der Waals surface area contributed by atoms with E-state index in [0.29, 0.717) is 0 Å². The van der Waals surface area contributed by atoms with Crippen LogP contribution in [0, 0.1) is 0 Å². The van der Waals surface area contributed by atoms with Gasteiger partial charge >= 0.3 is 0 Å².